The first kappa shape index (κ1) is 20.3. The summed E-state index contributed by atoms with van der Waals surface area (Å²) in [5.41, 5.74) is 1.31. The van der Waals surface area contributed by atoms with Crippen LogP contribution in [0.5, 0.6) is 0 Å². The Morgan fingerprint density at radius 2 is 1.79 bits per heavy atom. The van der Waals surface area contributed by atoms with E-state index in [0.717, 1.165) is 6.54 Å². The Kier molecular flexibility index (Phi) is 7.42. The molecule has 1 heterocycles. The minimum Gasteiger partial charge on any atom is -0.355 e. The minimum atomic E-state index is -0.221. The van der Waals surface area contributed by atoms with E-state index in [4.69, 9.17) is 0 Å². The maximum absolute atomic E-state index is 12.5. The molecule has 2 aliphatic rings. The van der Waals surface area contributed by atoms with Crippen LogP contribution in [-0.4, -0.2) is 43.4 Å². The summed E-state index contributed by atoms with van der Waals surface area (Å²) in [7, 11) is 0. The minimum absolute atomic E-state index is 0.0111. The van der Waals surface area contributed by atoms with E-state index in [2.05, 4.69) is 16.0 Å². The molecule has 3 rings (SSSR count). The first-order chi connectivity index (χ1) is 13.6. The molecule has 1 aromatic carbocycles. The summed E-state index contributed by atoms with van der Waals surface area (Å²) in [4.78, 5) is 37.9. The Labute approximate surface area is 166 Å². The van der Waals surface area contributed by atoms with Crippen molar-refractivity contribution >= 4 is 29.1 Å². The van der Waals surface area contributed by atoms with Crippen LogP contribution < -0.4 is 20.9 Å². The number of hydrogen-bond donors (Lipinski definition) is 3. The van der Waals surface area contributed by atoms with Gasteiger partial charge >= 0.3 is 0 Å². The lowest BCUT2D eigenvalue weighted by Gasteiger charge is -2.29. The molecule has 3 amide bonds. The number of anilines is 2. The second kappa shape index (κ2) is 10.2. The Morgan fingerprint density at radius 1 is 1.04 bits per heavy atom. The average Bonchev–Trinajstić information content (AvgIpc) is 2.97. The quantitative estimate of drug-likeness (QED) is 0.495. The molecule has 0 aromatic heterocycles. The number of amides is 3. The van der Waals surface area contributed by atoms with E-state index in [1.807, 2.05) is 12.1 Å². The third kappa shape index (κ3) is 5.79. The molecule has 3 N–H and O–H groups in total. The highest BCUT2D eigenvalue weighted by atomic mass is 16.2. The number of carbonyl (C=O) groups excluding carboxylic acids is 3. The molecule has 1 aromatic rings. The smallest absolute Gasteiger partial charge is 0.244 e. The number of benzene rings is 1. The summed E-state index contributed by atoms with van der Waals surface area (Å²) in [5, 5.41) is 9.14. The molecule has 0 spiro atoms. The zero-order valence-corrected chi connectivity index (χ0v) is 16.3. The highest BCUT2D eigenvalue weighted by Gasteiger charge is 2.26. The third-order valence-electron chi connectivity index (χ3n) is 5.37. The first-order valence-corrected chi connectivity index (χ1v) is 10.3. The van der Waals surface area contributed by atoms with Gasteiger partial charge in [-0.15, -0.1) is 0 Å². The molecular formula is C21H30N4O3. The van der Waals surface area contributed by atoms with Crippen LogP contribution in [0.25, 0.3) is 0 Å². The summed E-state index contributed by atoms with van der Waals surface area (Å²) in [5.74, 6) is -0.569. The van der Waals surface area contributed by atoms with E-state index in [-0.39, 0.29) is 37.1 Å². The van der Waals surface area contributed by atoms with E-state index in [0.29, 0.717) is 24.0 Å². The fraction of sp³-hybridized carbons (Fsp3) is 0.571. The van der Waals surface area contributed by atoms with Crippen molar-refractivity contribution in [1.82, 2.24) is 10.6 Å². The summed E-state index contributed by atoms with van der Waals surface area (Å²) < 4.78 is 0. The lowest BCUT2D eigenvalue weighted by atomic mass is 10.1. The number of fused-ring (bicyclic) bond motifs is 1. The van der Waals surface area contributed by atoms with Crippen molar-refractivity contribution in [3.8, 4) is 0 Å². The van der Waals surface area contributed by atoms with Crippen molar-refractivity contribution in [2.45, 2.75) is 57.4 Å². The highest BCUT2D eigenvalue weighted by molar-refractivity contribution is 6.10. The number of para-hydroxylation sites is 2. The Hall–Kier alpha value is -2.41. The average molecular weight is 386 g/mol. The van der Waals surface area contributed by atoms with Gasteiger partial charge in [0.25, 0.3) is 0 Å². The molecule has 152 valence electrons. The molecule has 1 saturated carbocycles. The SMILES string of the molecule is O=C(CCC(=O)N1CC(=O)Nc2ccccc21)NCCNC1CCCCCC1. The van der Waals surface area contributed by atoms with Gasteiger partial charge in [-0.25, -0.2) is 0 Å². The van der Waals surface area contributed by atoms with Gasteiger partial charge in [-0.3, -0.25) is 14.4 Å². The van der Waals surface area contributed by atoms with Gasteiger partial charge < -0.3 is 20.9 Å². The first-order valence-electron chi connectivity index (χ1n) is 10.3. The molecule has 28 heavy (non-hydrogen) atoms. The predicted molar refractivity (Wildman–Crippen MR) is 109 cm³/mol. The number of rotatable bonds is 7. The lowest BCUT2D eigenvalue weighted by molar-refractivity contribution is -0.125. The Morgan fingerprint density at radius 3 is 2.57 bits per heavy atom. The summed E-state index contributed by atoms with van der Waals surface area (Å²) >= 11 is 0. The van der Waals surface area contributed by atoms with Gasteiger partial charge in [-0.2, -0.15) is 0 Å². The maximum Gasteiger partial charge on any atom is 0.244 e. The fourth-order valence-corrected chi connectivity index (χ4v) is 3.86. The van der Waals surface area contributed by atoms with Crippen molar-refractivity contribution in [3.05, 3.63) is 24.3 Å². The molecule has 1 fully saturated rings. The van der Waals surface area contributed by atoms with Crippen LogP contribution in [0.4, 0.5) is 11.4 Å². The molecule has 0 bridgehead atoms. The number of carbonyl (C=O) groups is 3. The van der Waals surface area contributed by atoms with Crippen LogP contribution in [0.2, 0.25) is 0 Å². The molecule has 0 radical (unpaired) electrons. The van der Waals surface area contributed by atoms with Gasteiger partial charge in [0.15, 0.2) is 0 Å². The summed E-state index contributed by atoms with van der Waals surface area (Å²) in [6.45, 7) is 1.31. The molecule has 1 aliphatic heterocycles. The maximum atomic E-state index is 12.5. The van der Waals surface area contributed by atoms with E-state index in [1.54, 1.807) is 12.1 Å². The van der Waals surface area contributed by atoms with Gasteiger partial charge in [0.2, 0.25) is 17.7 Å². The van der Waals surface area contributed by atoms with E-state index in [1.165, 1.54) is 43.4 Å². The normalized spacial score (nSPS) is 17.4. The number of nitrogens with one attached hydrogen (secondary N) is 3. The lowest BCUT2D eigenvalue weighted by Crippen LogP contribution is -2.42. The molecule has 7 heteroatoms. The molecular weight excluding hydrogens is 356 g/mol. The van der Waals surface area contributed by atoms with Crippen molar-refractivity contribution in [2.24, 2.45) is 0 Å². The van der Waals surface area contributed by atoms with Crippen LogP contribution in [0.3, 0.4) is 0 Å². The number of nitrogens with zero attached hydrogens (tertiary/aromatic N) is 1. The van der Waals surface area contributed by atoms with Gasteiger partial charge in [0, 0.05) is 32.0 Å². The fourth-order valence-electron chi connectivity index (χ4n) is 3.86. The standard InChI is InChI=1S/C21H30N4O3/c26-19(23-14-13-22-16-7-3-1-2-4-8-16)11-12-21(28)25-15-20(27)24-17-9-5-6-10-18(17)25/h5-6,9-10,16,22H,1-4,7-8,11-15H2,(H,23,26)(H,24,27). The Bertz CT molecular complexity index is 699. The van der Waals surface area contributed by atoms with Crippen LogP contribution >= 0.6 is 0 Å². The van der Waals surface area contributed by atoms with Gasteiger partial charge in [0.1, 0.15) is 6.54 Å². The van der Waals surface area contributed by atoms with Crippen LogP contribution in [0, 0.1) is 0 Å². The van der Waals surface area contributed by atoms with Crippen molar-refractivity contribution in [2.75, 3.05) is 29.9 Å². The number of hydrogen-bond acceptors (Lipinski definition) is 4. The molecule has 0 atom stereocenters. The van der Waals surface area contributed by atoms with Crippen LogP contribution in [0.1, 0.15) is 51.4 Å². The van der Waals surface area contributed by atoms with Crippen molar-refractivity contribution in [3.63, 3.8) is 0 Å². The Balaban J connectivity index is 1.37. The molecule has 0 unspecified atom stereocenters. The molecule has 0 saturated heterocycles. The van der Waals surface area contributed by atoms with E-state index in [9.17, 15) is 14.4 Å². The third-order valence-corrected chi connectivity index (χ3v) is 5.37. The monoisotopic (exact) mass is 386 g/mol. The molecule has 1 aliphatic carbocycles. The van der Waals surface area contributed by atoms with Gasteiger partial charge in [-0.05, 0) is 25.0 Å². The van der Waals surface area contributed by atoms with Crippen molar-refractivity contribution < 1.29 is 14.4 Å². The molecule has 7 nitrogen and oxygen atoms in total. The van der Waals surface area contributed by atoms with Crippen LogP contribution in [-0.2, 0) is 14.4 Å². The zero-order chi connectivity index (χ0) is 19.8. The second-order valence-electron chi connectivity index (χ2n) is 7.54. The summed E-state index contributed by atoms with van der Waals surface area (Å²) in [6, 6.07) is 7.76. The predicted octanol–water partition coefficient (Wildman–Crippen LogP) is 2.18. The van der Waals surface area contributed by atoms with E-state index < -0.39 is 0 Å². The summed E-state index contributed by atoms with van der Waals surface area (Å²) in [6.07, 6.45) is 7.86. The van der Waals surface area contributed by atoms with E-state index >= 15 is 0 Å². The van der Waals surface area contributed by atoms with Gasteiger partial charge in [0.05, 0.1) is 11.4 Å². The van der Waals surface area contributed by atoms with Gasteiger partial charge in [-0.1, -0.05) is 37.8 Å². The topological polar surface area (TPSA) is 90.5 Å². The van der Waals surface area contributed by atoms with Crippen molar-refractivity contribution in [1.29, 1.82) is 0 Å². The van der Waals surface area contributed by atoms with Crippen LogP contribution in [0.15, 0.2) is 24.3 Å². The largest absolute Gasteiger partial charge is 0.355 e. The second-order valence-corrected chi connectivity index (χ2v) is 7.54. The highest BCUT2D eigenvalue weighted by Crippen LogP contribution is 2.29. The zero-order valence-electron chi connectivity index (χ0n) is 16.3.